The number of hydrogen-bond donors (Lipinski definition) is 1. The summed E-state index contributed by atoms with van der Waals surface area (Å²) in [5.41, 5.74) is 0.732. The molecule has 0 saturated carbocycles. The topological polar surface area (TPSA) is 68.5 Å². The molecule has 9 heteroatoms. The second-order valence-electron chi connectivity index (χ2n) is 6.88. The molecule has 0 unspecified atom stereocenters. The molecular formula is C22H17F3N4O2. The van der Waals surface area contributed by atoms with Gasteiger partial charge in [-0.1, -0.05) is 12.1 Å². The molecule has 0 aliphatic rings. The number of aryl methyl sites for hydroxylation is 1. The van der Waals surface area contributed by atoms with E-state index < -0.39 is 17.8 Å². The van der Waals surface area contributed by atoms with Crippen LogP contribution in [0.3, 0.4) is 0 Å². The second-order valence-corrected chi connectivity index (χ2v) is 6.88. The maximum absolute atomic E-state index is 13.7. The zero-order chi connectivity index (χ0) is 22.2. The SMILES string of the molecule is COc1ccc(-c2cc(C(F)(F)F)n3nc(C(=O)Nc4cccc(C)c4)cc3n2)cc1. The van der Waals surface area contributed by atoms with Gasteiger partial charge in [-0.15, -0.1) is 0 Å². The van der Waals surface area contributed by atoms with E-state index in [1.807, 2.05) is 13.0 Å². The lowest BCUT2D eigenvalue weighted by Crippen LogP contribution is -2.15. The molecule has 2 aromatic heterocycles. The number of carbonyl (C=O) groups is 1. The normalized spacial score (nSPS) is 11.5. The fourth-order valence-electron chi connectivity index (χ4n) is 3.11. The lowest BCUT2D eigenvalue weighted by molar-refractivity contribution is -0.142. The van der Waals surface area contributed by atoms with Gasteiger partial charge in [-0.2, -0.15) is 18.3 Å². The van der Waals surface area contributed by atoms with E-state index in [4.69, 9.17) is 4.74 Å². The average Bonchev–Trinajstić information content (AvgIpc) is 3.16. The quantitative estimate of drug-likeness (QED) is 0.500. The number of aromatic nitrogens is 3. The third kappa shape index (κ3) is 4.20. The number of anilines is 1. The monoisotopic (exact) mass is 426 g/mol. The van der Waals surface area contributed by atoms with Crippen LogP contribution in [-0.2, 0) is 6.18 Å². The van der Waals surface area contributed by atoms with Crippen molar-refractivity contribution in [1.82, 2.24) is 14.6 Å². The van der Waals surface area contributed by atoms with Crippen LogP contribution in [0.4, 0.5) is 18.9 Å². The standard InChI is InChI=1S/C22H17F3N4O2/c1-13-4-3-5-15(10-13)26-21(30)18-12-20-27-17(14-6-8-16(31-2)9-7-14)11-19(22(23,24)25)29(20)28-18/h3-12H,1-2H3,(H,26,30). The van der Waals surface area contributed by atoms with E-state index in [0.29, 0.717) is 21.5 Å². The summed E-state index contributed by atoms with van der Waals surface area (Å²) in [6, 6.07) is 15.7. The van der Waals surface area contributed by atoms with Crippen LogP contribution in [0.2, 0.25) is 0 Å². The van der Waals surface area contributed by atoms with Gasteiger partial charge < -0.3 is 10.1 Å². The Bertz CT molecular complexity index is 1260. The van der Waals surface area contributed by atoms with E-state index in [1.54, 1.807) is 42.5 Å². The van der Waals surface area contributed by atoms with Gasteiger partial charge in [0.2, 0.25) is 0 Å². The minimum Gasteiger partial charge on any atom is -0.497 e. The van der Waals surface area contributed by atoms with Crippen molar-refractivity contribution in [2.24, 2.45) is 0 Å². The number of nitrogens with zero attached hydrogens (tertiary/aromatic N) is 3. The maximum atomic E-state index is 13.7. The molecule has 6 nitrogen and oxygen atoms in total. The molecule has 4 aromatic rings. The van der Waals surface area contributed by atoms with Crippen molar-refractivity contribution >= 4 is 17.2 Å². The molecule has 2 heterocycles. The Balaban J connectivity index is 1.77. The molecule has 0 fully saturated rings. The number of hydrogen-bond acceptors (Lipinski definition) is 4. The van der Waals surface area contributed by atoms with Crippen LogP contribution in [0.5, 0.6) is 5.75 Å². The number of ether oxygens (including phenoxy) is 1. The lowest BCUT2D eigenvalue weighted by Gasteiger charge is -2.11. The minimum atomic E-state index is -4.70. The molecule has 0 bridgehead atoms. The van der Waals surface area contributed by atoms with Gasteiger partial charge in [0.25, 0.3) is 5.91 Å². The molecule has 1 amide bonds. The number of methoxy groups -OCH3 is 1. The van der Waals surface area contributed by atoms with Crippen molar-refractivity contribution in [2.75, 3.05) is 12.4 Å². The van der Waals surface area contributed by atoms with E-state index in [1.165, 1.54) is 13.2 Å². The average molecular weight is 426 g/mol. The zero-order valence-corrected chi connectivity index (χ0v) is 16.6. The maximum Gasteiger partial charge on any atom is 0.433 e. The summed E-state index contributed by atoms with van der Waals surface area (Å²) in [4.78, 5) is 16.9. The van der Waals surface area contributed by atoms with Crippen molar-refractivity contribution < 1.29 is 22.7 Å². The first kappa shape index (κ1) is 20.4. The molecule has 31 heavy (non-hydrogen) atoms. The molecule has 0 atom stereocenters. The highest BCUT2D eigenvalue weighted by molar-refractivity contribution is 6.03. The van der Waals surface area contributed by atoms with Crippen molar-refractivity contribution in [3.63, 3.8) is 0 Å². The summed E-state index contributed by atoms with van der Waals surface area (Å²) in [6.07, 6.45) is -4.70. The number of carbonyl (C=O) groups excluding carboxylic acids is 1. The summed E-state index contributed by atoms with van der Waals surface area (Å²) in [5.74, 6) is -0.0597. The number of amides is 1. The second kappa shape index (κ2) is 7.75. The number of alkyl halides is 3. The summed E-state index contributed by atoms with van der Waals surface area (Å²) in [7, 11) is 1.50. The molecule has 0 radical (unpaired) electrons. The number of benzene rings is 2. The molecule has 2 aromatic carbocycles. The molecule has 0 spiro atoms. The molecule has 158 valence electrons. The van der Waals surface area contributed by atoms with Gasteiger partial charge in [0.05, 0.1) is 12.8 Å². The van der Waals surface area contributed by atoms with Crippen LogP contribution >= 0.6 is 0 Å². The molecule has 0 saturated heterocycles. The first-order valence-electron chi connectivity index (χ1n) is 9.25. The van der Waals surface area contributed by atoms with E-state index in [2.05, 4.69) is 15.4 Å². The highest BCUT2D eigenvalue weighted by atomic mass is 19.4. The van der Waals surface area contributed by atoms with Crippen LogP contribution in [0, 0.1) is 6.92 Å². The van der Waals surface area contributed by atoms with E-state index in [9.17, 15) is 18.0 Å². The lowest BCUT2D eigenvalue weighted by atomic mass is 10.1. The van der Waals surface area contributed by atoms with Gasteiger partial charge in [0.1, 0.15) is 5.75 Å². The first-order chi connectivity index (χ1) is 14.7. The Labute approximate surface area is 175 Å². The van der Waals surface area contributed by atoms with Crippen LogP contribution in [0.15, 0.2) is 60.7 Å². The molecule has 1 N–H and O–H groups in total. The van der Waals surface area contributed by atoms with Crippen LogP contribution in [-0.4, -0.2) is 27.6 Å². The van der Waals surface area contributed by atoms with E-state index >= 15 is 0 Å². The smallest absolute Gasteiger partial charge is 0.433 e. The van der Waals surface area contributed by atoms with Crippen molar-refractivity contribution in [3.8, 4) is 17.0 Å². The van der Waals surface area contributed by atoms with Crippen molar-refractivity contribution in [2.45, 2.75) is 13.1 Å². The predicted molar refractivity (Wildman–Crippen MR) is 109 cm³/mol. The van der Waals surface area contributed by atoms with Gasteiger partial charge in [-0.25, -0.2) is 9.50 Å². The number of halogens is 3. The Kier molecular flexibility index (Phi) is 5.10. The summed E-state index contributed by atoms with van der Waals surface area (Å²) in [5, 5.41) is 6.50. The number of rotatable bonds is 4. The molecule has 0 aliphatic carbocycles. The summed E-state index contributed by atoms with van der Waals surface area (Å²) < 4.78 is 46.9. The Morgan fingerprint density at radius 2 is 1.81 bits per heavy atom. The van der Waals surface area contributed by atoms with Crippen LogP contribution in [0.25, 0.3) is 16.9 Å². The van der Waals surface area contributed by atoms with Crippen LogP contribution < -0.4 is 10.1 Å². The van der Waals surface area contributed by atoms with Gasteiger partial charge >= 0.3 is 6.18 Å². The van der Waals surface area contributed by atoms with Crippen LogP contribution in [0.1, 0.15) is 21.7 Å². The fourth-order valence-corrected chi connectivity index (χ4v) is 3.11. The number of nitrogens with one attached hydrogen (secondary N) is 1. The predicted octanol–water partition coefficient (Wildman–Crippen LogP) is 4.98. The van der Waals surface area contributed by atoms with Crippen molar-refractivity contribution in [3.05, 3.63) is 77.6 Å². The Morgan fingerprint density at radius 3 is 2.45 bits per heavy atom. The van der Waals surface area contributed by atoms with Gasteiger partial charge in [-0.3, -0.25) is 4.79 Å². The highest BCUT2D eigenvalue weighted by Gasteiger charge is 2.35. The van der Waals surface area contributed by atoms with Gasteiger partial charge in [0.15, 0.2) is 17.0 Å². The zero-order valence-electron chi connectivity index (χ0n) is 16.6. The summed E-state index contributed by atoms with van der Waals surface area (Å²) >= 11 is 0. The Morgan fingerprint density at radius 1 is 1.06 bits per heavy atom. The van der Waals surface area contributed by atoms with E-state index in [0.717, 1.165) is 11.6 Å². The molecular weight excluding hydrogens is 409 g/mol. The molecule has 4 rings (SSSR count). The Hall–Kier alpha value is -3.88. The first-order valence-corrected chi connectivity index (χ1v) is 9.25. The van der Waals surface area contributed by atoms with Gasteiger partial charge in [0, 0.05) is 17.3 Å². The third-order valence-corrected chi connectivity index (χ3v) is 4.61. The third-order valence-electron chi connectivity index (χ3n) is 4.61. The van der Waals surface area contributed by atoms with Crippen molar-refractivity contribution in [1.29, 1.82) is 0 Å². The summed E-state index contributed by atoms with van der Waals surface area (Å²) in [6.45, 7) is 1.86. The largest absolute Gasteiger partial charge is 0.497 e. The number of fused-ring (bicyclic) bond motifs is 1. The fraction of sp³-hybridized carbons (Fsp3) is 0.136. The van der Waals surface area contributed by atoms with Gasteiger partial charge in [-0.05, 0) is 55.0 Å². The highest BCUT2D eigenvalue weighted by Crippen LogP contribution is 2.32. The minimum absolute atomic E-state index is 0.0879. The molecule has 0 aliphatic heterocycles. The van der Waals surface area contributed by atoms with E-state index in [-0.39, 0.29) is 17.0 Å².